The van der Waals surface area contributed by atoms with E-state index in [0.29, 0.717) is 0 Å². The van der Waals surface area contributed by atoms with Gasteiger partial charge < -0.3 is 5.32 Å². The van der Waals surface area contributed by atoms with Crippen molar-refractivity contribution in [3.63, 3.8) is 0 Å². The van der Waals surface area contributed by atoms with Crippen LogP contribution in [-0.2, 0) is 17.6 Å². The Labute approximate surface area is 136 Å². The van der Waals surface area contributed by atoms with Gasteiger partial charge in [0, 0.05) is 17.8 Å². The van der Waals surface area contributed by atoms with Crippen LogP contribution >= 0.6 is 15.9 Å². The summed E-state index contributed by atoms with van der Waals surface area (Å²) in [5, 5.41) is 4.15. The molecule has 0 bridgehead atoms. The summed E-state index contributed by atoms with van der Waals surface area (Å²) in [6.45, 7) is 5.18. The number of amides is 1. The Kier molecular flexibility index (Phi) is 5.86. The highest BCUT2D eigenvalue weighted by molar-refractivity contribution is 9.09. The quantitative estimate of drug-likeness (QED) is 0.767. The van der Waals surface area contributed by atoms with Gasteiger partial charge in [0.1, 0.15) is 0 Å². The Morgan fingerprint density at radius 1 is 1.29 bits per heavy atom. The van der Waals surface area contributed by atoms with E-state index >= 15 is 0 Å². The smallest absolute Gasteiger partial charge is 0.223 e. The van der Waals surface area contributed by atoms with E-state index in [9.17, 15) is 4.79 Å². The number of alkyl halides is 1. The van der Waals surface area contributed by atoms with Crippen LogP contribution in [0.15, 0.2) is 24.3 Å². The Morgan fingerprint density at radius 2 is 1.95 bits per heavy atom. The minimum Gasteiger partial charge on any atom is -0.355 e. The van der Waals surface area contributed by atoms with Gasteiger partial charge in [-0.05, 0) is 48.6 Å². The molecule has 1 aromatic rings. The van der Waals surface area contributed by atoms with Crippen molar-refractivity contribution in [1.82, 2.24) is 5.32 Å². The van der Waals surface area contributed by atoms with E-state index in [2.05, 4.69) is 59.4 Å². The fourth-order valence-electron chi connectivity index (χ4n) is 3.08. The molecular formula is C18H26BrNO. The van der Waals surface area contributed by atoms with Crippen molar-refractivity contribution in [2.45, 2.75) is 46.0 Å². The molecule has 0 spiro atoms. The fourth-order valence-corrected chi connectivity index (χ4v) is 4.07. The molecule has 116 valence electrons. The monoisotopic (exact) mass is 351 g/mol. The number of aryl methyl sites for hydroxylation is 1. The van der Waals surface area contributed by atoms with Gasteiger partial charge in [-0.2, -0.15) is 0 Å². The Morgan fingerprint density at radius 3 is 2.57 bits per heavy atom. The summed E-state index contributed by atoms with van der Waals surface area (Å²) in [7, 11) is 0. The first-order valence-corrected chi connectivity index (χ1v) is 9.16. The zero-order valence-corrected chi connectivity index (χ0v) is 14.7. The molecule has 1 N–H and O–H groups in total. The predicted molar refractivity (Wildman–Crippen MR) is 91.8 cm³/mol. The van der Waals surface area contributed by atoms with E-state index in [-0.39, 0.29) is 17.2 Å². The Balaban J connectivity index is 1.93. The molecule has 0 heterocycles. The zero-order chi connectivity index (χ0) is 15.3. The molecule has 2 nitrogen and oxygen atoms in total. The Bertz CT molecular complexity index is 474. The molecular weight excluding hydrogens is 326 g/mol. The standard InChI is InChI=1S/C18H26BrNO/c1-3-18(4-2,12-19)13-20-17(21)16-10-9-14-7-5-6-8-15(14)11-16/h5-8,16H,3-4,9-13H2,1-2H3,(H,20,21). The second-order valence-electron chi connectivity index (χ2n) is 6.27. The molecule has 21 heavy (non-hydrogen) atoms. The molecule has 0 saturated carbocycles. The highest BCUT2D eigenvalue weighted by atomic mass is 79.9. The van der Waals surface area contributed by atoms with Crippen LogP contribution in [0, 0.1) is 11.3 Å². The molecule has 0 fully saturated rings. The van der Waals surface area contributed by atoms with E-state index in [1.54, 1.807) is 0 Å². The van der Waals surface area contributed by atoms with Gasteiger partial charge in [0.25, 0.3) is 0 Å². The lowest BCUT2D eigenvalue weighted by Crippen LogP contribution is -2.42. The highest BCUT2D eigenvalue weighted by Gasteiger charge is 2.28. The summed E-state index contributed by atoms with van der Waals surface area (Å²) in [4.78, 5) is 12.5. The second-order valence-corrected chi connectivity index (χ2v) is 6.83. The molecule has 3 heteroatoms. The van der Waals surface area contributed by atoms with E-state index in [1.807, 2.05) is 0 Å². The molecule has 0 saturated heterocycles. The van der Waals surface area contributed by atoms with Crippen LogP contribution in [0.5, 0.6) is 0 Å². The number of halogens is 1. The third-order valence-corrected chi connectivity index (χ3v) is 6.33. The normalized spacial score (nSPS) is 18.1. The first-order chi connectivity index (χ1) is 10.1. The van der Waals surface area contributed by atoms with Crippen molar-refractivity contribution in [3.05, 3.63) is 35.4 Å². The highest BCUT2D eigenvalue weighted by Crippen LogP contribution is 2.29. The minimum atomic E-state index is 0.140. The maximum Gasteiger partial charge on any atom is 0.223 e. The SMILES string of the molecule is CCC(CC)(CBr)CNC(=O)C1CCc2ccccc2C1. The van der Waals surface area contributed by atoms with E-state index in [4.69, 9.17) is 0 Å². The average molecular weight is 352 g/mol. The molecule has 1 aliphatic rings. The van der Waals surface area contributed by atoms with Crippen LogP contribution in [0.1, 0.15) is 44.2 Å². The summed E-state index contributed by atoms with van der Waals surface area (Å²) in [6.07, 6.45) is 5.06. The first-order valence-electron chi connectivity index (χ1n) is 8.04. The lowest BCUT2D eigenvalue weighted by molar-refractivity contribution is -0.125. The van der Waals surface area contributed by atoms with Gasteiger partial charge in [0.2, 0.25) is 5.91 Å². The van der Waals surface area contributed by atoms with Crippen LogP contribution in [0.3, 0.4) is 0 Å². The van der Waals surface area contributed by atoms with Gasteiger partial charge in [-0.25, -0.2) is 0 Å². The molecule has 2 rings (SSSR count). The lowest BCUT2D eigenvalue weighted by Gasteiger charge is -2.31. The number of carbonyl (C=O) groups excluding carboxylic acids is 1. The van der Waals surface area contributed by atoms with E-state index in [0.717, 1.165) is 44.0 Å². The topological polar surface area (TPSA) is 29.1 Å². The van der Waals surface area contributed by atoms with Gasteiger partial charge in [-0.15, -0.1) is 0 Å². The first kappa shape index (κ1) is 16.5. The predicted octanol–water partition coefficient (Wildman–Crippen LogP) is 4.11. The molecule has 1 aromatic carbocycles. The van der Waals surface area contributed by atoms with Crippen molar-refractivity contribution in [1.29, 1.82) is 0 Å². The number of carbonyl (C=O) groups is 1. The van der Waals surface area contributed by atoms with Crippen molar-refractivity contribution in [3.8, 4) is 0 Å². The number of benzene rings is 1. The number of hydrogen-bond donors (Lipinski definition) is 1. The van der Waals surface area contributed by atoms with Crippen molar-refractivity contribution < 1.29 is 4.79 Å². The number of hydrogen-bond acceptors (Lipinski definition) is 1. The summed E-state index contributed by atoms with van der Waals surface area (Å²) in [5.74, 6) is 0.373. The van der Waals surface area contributed by atoms with Gasteiger partial charge >= 0.3 is 0 Å². The van der Waals surface area contributed by atoms with Gasteiger partial charge in [0.15, 0.2) is 0 Å². The summed E-state index contributed by atoms with van der Waals surface area (Å²) in [6, 6.07) is 8.51. The number of rotatable bonds is 6. The molecule has 1 unspecified atom stereocenters. The van der Waals surface area contributed by atoms with Crippen LogP contribution in [0.2, 0.25) is 0 Å². The summed E-state index contributed by atoms with van der Waals surface area (Å²) in [5.41, 5.74) is 2.96. The van der Waals surface area contributed by atoms with Crippen LogP contribution < -0.4 is 5.32 Å². The average Bonchev–Trinajstić information content (AvgIpc) is 2.56. The van der Waals surface area contributed by atoms with Gasteiger partial charge in [0.05, 0.1) is 0 Å². The number of fused-ring (bicyclic) bond motifs is 1. The van der Waals surface area contributed by atoms with Crippen molar-refractivity contribution in [2.24, 2.45) is 11.3 Å². The maximum absolute atomic E-state index is 12.5. The summed E-state index contributed by atoms with van der Waals surface area (Å²) < 4.78 is 0. The van der Waals surface area contributed by atoms with Crippen LogP contribution in [0.25, 0.3) is 0 Å². The number of nitrogens with one attached hydrogen (secondary N) is 1. The molecule has 0 radical (unpaired) electrons. The van der Waals surface area contributed by atoms with Crippen LogP contribution in [0.4, 0.5) is 0 Å². The maximum atomic E-state index is 12.5. The van der Waals surface area contributed by atoms with Gasteiger partial charge in [-0.1, -0.05) is 54.0 Å². The summed E-state index contributed by atoms with van der Waals surface area (Å²) >= 11 is 3.61. The lowest BCUT2D eigenvalue weighted by atomic mass is 9.82. The molecule has 0 aromatic heterocycles. The molecule has 0 aliphatic heterocycles. The van der Waals surface area contributed by atoms with E-state index < -0.39 is 0 Å². The third-order valence-electron chi connectivity index (χ3n) is 5.14. The third kappa shape index (κ3) is 3.88. The van der Waals surface area contributed by atoms with Crippen molar-refractivity contribution >= 4 is 21.8 Å². The second kappa shape index (κ2) is 7.44. The Hall–Kier alpha value is -0.830. The molecule has 1 aliphatic carbocycles. The fraction of sp³-hybridized carbons (Fsp3) is 0.611. The minimum absolute atomic E-state index is 0.140. The largest absolute Gasteiger partial charge is 0.355 e. The molecule has 1 atom stereocenters. The van der Waals surface area contributed by atoms with Gasteiger partial charge in [-0.3, -0.25) is 4.79 Å². The van der Waals surface area contributed by atoms with Crippen LogP contribution in [-0.4, -0.2) is 17.8 Å². The zero-order valence-electron chi connectivity index (χ0n) is 13.1. The molecule has 1 amide bonds. The van der Waals surface area contributed by atoms with E-state index in [1.165, 1.54) is 11.1 Å². The van der Waals surface area contributed by atoms with Crippen molar-refractivity contribution in [2.75, 3.05) is 11.9 Å².